The lowest BCUT2D eigenvalue weighted by Crippen LogP contribution is -2.22. The molecule has 2 aromatic carbocycles. The van der Waals surface area contributed by atoms with E-state index in [0.29, 0.717) is 16.4 Å². The van der Waals surface area contributed by atoms with Crippen LogP contribution >= 0.6 is 11.6 Å². The van der Waals surface area contributed by atoms with Crippen LogP contribution in [0.1, 0.15) is 12.5 Å². The Bertz CT molecular complexity index is 714. The fraction of sp³-hybridized carbons (Fsp3) is 0.176. The number of hydrogen-bond acceptors (Lipinski definition) is 3. The maximum Gasteiger partial charge on any atom is 0.243 e. The van der Waals surface area contributed by atoms with Gasteiger partial charge < -0.3 is 16.0 Å². The van der Waals surface area contributed by atoms with Crippen LogP contribution in [0, 0.1) is 6.92 Å². The van der Waals surface area contributed by atoms with Gasteiger partial charge in [0.1, 0.15) is 0 Å². The molecule has 0 bridgehead atoms. The number of anilines is 3. The molecule has 0 fully saturated rings. The van der Waals surface area contributed by atoms with E-state index >= 15 is 0 Å². The van der Waals surface area contributed by atoms with E-state index in [-0.39, 0.29) is 18.4 Å². The Kier molecular flexibility index (Phi) is 5.60. The number of rotatable bonds is 5. The zero-order chi connectivity index (χ0) is 16.8. The van der Waals surface area contributed by atoms with E-state index in [2.05, 4.69) is 16.0 Å². The van der Waals surface area contributed by atoms with Crippen molar-refractivity contribution >= 4 is 40.5 Å². The molecule has 0 aliphatic carbocycles. The Morgan fingerprint density at radius 1 is 1.00 bits per heavy atom. The molecule has 0 spiro atoms. The Morgan fingerprint density at radius 2 is 1.65 bits per heavy atom. The predicted octanol–water partition coefficient (Wildman–Crippen LogP) is 3.66. The third-order valence-electron chi connectivity index (χ3n) is 3.20. The van der Waals surface area contributed by atoms with Gasteiger partial charge in [-0.05, 0) is 48.9 Å². The Morgan fingerprint density at radius 3 is 2.30 bits per heavy atom. The topological polar surface area (TPSA) is 70.2 Å². The van der Waals surface area contributed by atoms with Crippen molar-refractivity contribution in [1.82, 2.24) is 0 Å². The Labute approximate surface area is 140 Å². The van der Waals surface area contributed by atoms with Crippen LogP contribution in [0.4, 0.5) is 17.1 Å². The standard InChI is InChI=1S/C17H18ClN3O2/c1-11-15(18)4-3-5-16(11)21-17(23)10-19-13-6-8-14(9-7-13)20-12(2)22/h3-9,19H,10H2,1-2H3,(H,20,22)(H,21,23). The zero-order valence-electron chi connectivity index (χ0n) is 12.9. The van der Waals surface area contributed by atoms with Crippen molar-refractivity contribution in [1.29, 1.82) is 0 Å². The summed E-state index contributed by atoms with van der Waals surface area (Å²) in [4.78, 5) is 22.9. The lowest BCUT2D eigenvalue weighted by atomic mass is 10.2. The normalized spacial score (nSPS) is 10.0. The third-order valence-corrected chi connectivity index (χ3v) is 3.61. The van der Waals surface area contributed by atoms with E-state index in [9.17, 15) is 9.59 Å². The number of benzene rings is 2. The van der Waals surface area contributed by atoms with Crippen LogP contribution in [0.25, 0.3) is 0 Å². The number of carbonyl (C=O) groups is 2. The van der Waals surface area contributed by atoms with Gasteiger partial charge in [0.05, 0.1) is 6.54 Å². The monoisotopic (exact) mass is 331 g/mol. The summed E-state index contributed by atoms with van der Waals surface area (Å²) in [6, 6.07) is 12.5. The number of nitrogens with one attached hydrogen (secondary N) is 3. The fourth-order valence-corrected chi connectivity index (χ4v) is 2.17. The molecule has 0 saturated heterocycles. The molecule has 2 rings (SSSR count). The summed E-state index contributed by atoms with van der Waals surface area (Å²) in [7, 11) is 0. The lowest BCUT2D eigenvalue weighted by Gasteiger charge is -2.11. The van der Waals surface area contributed by atoms with E-state index in [1.54, 1.807) is 42.5 Å². The van der Waals surface area contributed by atoms with Crippen LogP contribution in [0.2, 0.25) is 5.02 Å². The molecular formula is C17H18ClN3O2. The first-order valence-electron chi connectivity index (χ1n) is 7.12. The van der Waals surface area contributed by atoms with Crippen molar-refractivity contribution in [2.75, 3.05) is 22.5 Å². The average Bonchev–Trinajstić information content (AvgIpc) is 2.51. The Hall–Kier alpha value is -2.53. The molecule has 0 aliphatic heterocycles. The summed E-state index contributed by atoms with van der Waals surface area (Å²) < 4.78 is 0. The zero-order valence-corrected chi connectivity index (χ0v) is 13.7. The molecule has 23 heavy (non-hydrogen) atoms. The van der Waals surface area contributed by atoms with Crippen LogP contribution in [0.3, 0.4) is 0 Å². The van der Waals surface area contributed by atoms with Gasteiger partial charge in [0.25, 0.3) is 0 Å². The van der Waals surface area contributed by atoms with Gasteiger partial charge in [-0.2, -0.15) is 0 Å². The first-order valence-corrected chi connectivity index (χ1v) is 7.50. The molecule has 120 valence electrons. The quantitative estimate of drug-likeness (QED) is 0.783. The second kappa shape index (κ2) is 7.65. The summed E-state index contributed by atoms with van der Waals surface area (Å²) in [5.41, 5.74) is 3.03. The van der Waals surface area contributed by atoms with Gasteiger partial charge in [0.2, 0.25) is 11.8 Å². The summed E-state index contributed by atoms with van der Waals surface area (Å²) in [5.74, 6) is -0.289. The van der Waals surface area contributed by atoms with Gasteiger partial charge in [-0.15, -0.1) is 0 Å². The highest BCUT2D eigenvalue weighted by Gasteiger charge is 2.06. The minimum absolute atomic E-state index is 0.123. The molecule has 2 aromatic rings. The summed E-state index contributed by atoms with van der Waals surface area (Å²) in [5, 5.41) is 9.14. The number of halogens is 1. The fourth-order valence-electron chi connectivity index (χ4n) is 1.99. The minimum Gasteiger partial charge on any atom is -0.376 e. The lowest BCUT2D eigenvalue weighted by molar-refractivity contribution is -0.115. The van der Waals surface area contributed by atoms with Crippen molar-refractivity contribution in [2.24, 2.45) is 0 Å². The molecule has 5 nitrogen and oxygen atoms in total. The van der Waals surface area contributed by atoms with E-state index < -0.39 is 0 Å². The molecule has 0 unspecified atom stereocenters. The molecule has 0 radical (unpaired) electrons. The van der Waals surface area contributed by atoms with Crippen LogP contribution in [0.15, 0.2) is 42.5 Å². The molecule has 2 amide bonds. The highest BCUT2D eigenvalue weighted by molar-refractivity contribution is 6.31. The number of amides is 2. The van der Waals surface area contributed by atoms with Crippen molar-refractivity contribution in [2.45, 2.75) is 13.8 Å². The first-order chi connectivity index (χ1) is 11.0. The van der Waals surface area contributed by atoms with Crippen molar-refractivity contribution in [3.8, 4) is 0 Å². The second-order valence-electron chi connectivity index (χ2n) is 5.07. The van der Waals surface area contributed by atoms with Gasteiger partial charge in [-0.3, -0.25) is 9.59 Å². The van der Waals surface area contributed by atoms with Gasteiger partial charge in [0, 0.05) is 29.0 Å². The Balaban J connectivity index is 1.89. The highest BCUT2D eigenvalue weighted by atomic mass is 35.5. The first kappa shape index (κ1) is 16.8. The van der Waals surface area contributed by atoms with E-state index in [1.807, 2.05) is 6.92 Å². The smallest absolute Gasteiger partial charge is 0.243 e. The molecular weight excluding hydrogens is 314 g/mol. The molecule has 3 N–H and O–H groups in total. The molecule has 6 heteroatoms. The third kappa shape index (κ3) is 5.00. The number of carbonyl (C=O) groups excluding carboxylic acids is 2. The van der Waals surface area contributed by atoms with Gasteiger partial charge in [0.15, 0.2) is 0 Å². The largest absolute Gasteiger partial charge is 0.376 e. The van der Waals surface area contributed by atoms with Gasteiger partial charge in [-0.1, -0.05) is 17.7 Å². The number of hydrogen-bond donors (Lipinski definition) is 3. The van der Waals surface area contributed by atoms with E-state index in [1.165, 1.54) is 6.92 Å². The summed E-state index contributed by atoms with van der Waals surface area (Å²) in [6.45, 7) is 3.44. The molecule has 0 atom stereocenters. The summed E-state index contributed by atoms with van der Waals surface area (Å²) in [6.07, 6.45) is 0. The van der Waals surface area contributed by atoms with Crippen LogP contribution in [-0.2, 0) is 9.59 Å². The molecule has 0 aliphatic rings. The van der Waals surface area contributed by atoms with E-state index in [0.717, 1.165) is 11.3 Å². The minimum atomic E-state index is -0.165. The molecule has 0 aromatic heterocycles. The maximum absolute atomic E-state index is 12.0. The van der Waals surface area contributed by atoms with Gasteiger partial charge in [-0.25, -0.2) is 0 Å². The van der Waals surface area contributed by atoms with Crippen molar-refractivity contribution < 1.29 is 9.59 Å². The molecule has 0 saturated carbocycles. The average molecular weight is 332 g/mol. The maximum atomic E-state index is 12.0. The van der Waals surface area contributed by atoms with E-state index in [4.69, 9.17) is 11.6 Å². The van der Waals surface area contributed by atoms with Crippen molar-refractivity contribution in [3.05, 3.63) is 53.1 Å². The predicted molar refractivity (Wildman–Crippen MR) is 94.1 cm³/mol. The van der Waals surface area contributed by atoms with Crippen LogP contribution in [0.5, 0.6) is 0 Å². The second-order valence-corrected chi connectivity index (χ2v) is 5.48. The highest BCUT2D eigenvalue weighted by Crippen LogP contribution is 2.22. The van der Waals surface area contributed by atoms with Crippen LogP contribution in [-0.4, -0.2) is 18.4 Å². The van der Waals surface area contributed by atoms with Crippen molar-refractivity contribution in [3.63, 3.8) is 0 Å². The van der Waals surface area contributed by atoms with Crippen LogP contribution < -0.4 is 16.0 Å². The SMILES string of the molecule is CC(=O)Nc1ccc(NCC(=O)Nc2cccc(Cl)c2C)cc1. The van der Waals surface area contributed by atoms with Gasteiger partial charge >= 0.3 is 0 Å². The molecule has 0 heterocycles. The summed E-state index contributed by atoms with van der Waals surface area (Å²) >= 11 is 6.02.